The van der Waals surface area contributed by atoms with Crippen molar-refractivity contribution in [2.24, 2.45) is 5.92 Å². The van der Waals surface area contributed by atoms with Crippen molar-refractivity contribution in [2.75, 3.05) is 13.2 Å². The summed E-state index contributed by atoms with van der Waals surface area (Å²) >= 11 is 0. The van der Waals surface area contributed by atoms with Crippen molar-refractivity contribution in [3.05, 3.63) is 63.4 Å². The normalized spacial score (nSPS) is 26.7. The van der Waals surface area contributed by atoms with Crippen molar-refractivity contribution in [3.63, 3.8) is 0 Å². The molecule has 0 bridgehead atoms. The zero-order valence-electron chi connectivity index (χ0n) is 22.7. The number of aliphatic hydroxyl groups is 1. The zero-order chi connectivity index (χ0) is 29.1. The number of benzene rings is 1. The van der Waals surface area contributed by atoms with E-state index >= 15 is 4.39 Å². The standard InChI is InChI=1S/C23H31FN3O9P/c1-5-33-20(30)18(14(2)3)26-37(32,36-15-9-7-6-8-10-15)34-13-16-19(29)23(4,24)21(35-16)27-12-11-17(28)25-22(27)31/h6-12,14,16,18-19,21,29H,5,13H2,1-4H3,(H,26,32)(H,25,28,31)/t16-,18?,19-,21-,23-,37?/m1/s1/i11D,12D. The lowest BCUT2D eigenvalue weighted by atomic mass is 9.98. The summed E-state index contributed by atoms with van der Waals surface area (Å²) in [6.45, 7) is 5.17. The van der Waals surface area contributed by atoms with E-state index in [1.165, 1.54) is 12.1 Å². The van der Waals surface area contributed by atoms with Crippen LogP contribution < -0.4 is 20.9 Å². The van der Waals surface area contributed by atoms with Crippen LogP contribution in [-0.2, 0) is 23.4 Å². The highest BCUT2D eigenvalue weighted by Crippen LogP contribution is 2.48. The van der Waals surface area contributed by atoms with Gasteiger partial charge in [-0.25, -0.2) is 13.8 Å². The molecule has 12 nitrogen and oxygen atoms in total. The van der Waals surface area contributed by atoms with Crippen LogP contribution in [0.25, 0.3) is 0 Å². The fourth-order valence-electron chi connectivity index (χ4n) is 3.60. The van der Waals surface area contributed by atoms with E-state index in [1.54, 1.807) is 44.0 Å². The number of nitrogens with zero attached hydrogens (tertiary/aromatic N) is 1. The van der Waals surface area contributed by atoms with Gasteiger partial charge in [-0.1, -0.05) is 32.0 Å². The van der Waals surface area contributed by atoms with Gasteiger partial charge in [0, 0.05) is 12.2 Å². The van der Waals surface area contributed by atoms with Crippen molar-refractivity contribution in [1.29, 1.82) is 0 Å². The Morgan fingerprint density at radius 2 is 2.05 bits per heavy atom. The van der Waals surface area contributed by atoms with Crippen LogP contribution in [0.5, 0.6) is 5.75 Å². The van der Waals surface area contributed by atoms with E-state index in [0.29, 0.717) is 4.57 Å². The number of hydrogen-bond donors (Lipinski definition) is 3. The minimum atomic E-state index is -4.42. The molecule has 2 heterocycles. The van der Waals surface area contributed by atoms with Crippen LogP contribution in [-0.4, -0.2) is 57.8 Å². The molecule has 3 N–H and O–H groups in total. The molecule has 1 aromatic heterocycles. The number of H-pyrrole nitrogens is 1. The van der Waals surface area contributed by atoms with E-state index in [4.69, 9.17) is 21.3 Å². The largest absolute Gasteiger partial charge is 0.465 e. The number of ether oxygens (including phenoxy) is 2. The Bertz CT molecular complexity index is 1340. The molecule has 2 unspecified atom stereocenters. The summed E-state index contributed by atoms with van der Waals surface area (Å²) in [7, 11) is -4.42. The van der Waals surface area contributed by atoms with Crippen LogP contribution >= 0.6 is 7.75 Å². The fraction of sp³-hybridized carbons (Fsp3) is 0.522. The maximum absolute atomic E-state index is 15.7. The summed E-state index contributed by atoms with van der Waals surface area (Å²) in [5, 5.41) is 13.2. The number of nitrogens with one attached hydrogen (secondary N) is 2. The van der Waals surface area contributed by atoms with Gasteiger partial charge in [0.1, 0.15) is 24.0 Å². The van der Waals surface area contributed by atoms with Crippen molar-refractivity contribution < 1.29 is 40.1 Å². The Morgan fingerprint density at radius 1 is 1.38 bits per heavy atom. The number of aliphatic hydroxyl groups excluding tert-OH is 1. The van der Waals surface area contributed by atoms with Crippen LogP contribution in [0.2, 0.25) is 0 Å². The van der Waals surface area contributed by atoms with Gasteiger partial charge in [0.2, 0.25) is 0 Å². The summed E-state index contributed by atoms with van der Waals surface area (Å²) in [5.74, 6) is -1.02. The lowest BCUT2D eigenvalue weighted by Crippen LogP contribution is -2.44. The lowest BCUT2D eigenvalue weighted by Gasteiger charge is -2.27. The second-order valence-corrected chi connectivity index (χ2v) is 10.5. The van der Waals surface area contributed by atoms with Gasteiger partial charge in [0.15, 0.2) is 11.9 Å². The van der Waals surface area contributed by atoms with Crippen molar-refractivity contribution >= 4 is 13.7 Å². The molecule has 6 atom stereocenters. The van der Waals surface area contributed by atoms with Gasteiger partial charge >= 0.3 is 19.4 Å². The average Bonchev–Trinajstić information content (AvgIpc) is 3.09. The molecule has 1 aromatic carbocycles. The van der Waals surface area contributed by atoms with Crippen LogP contribution in [0.3, 0.4) is 0 Å². The first-order valence-electron chi connectivity index (χ1n) is 12.5. The highest BCUT2D eigenvalue weighted by Gasteiger charge is 2.56. The molecular formula is C23H31FN3O9P. The van der Waals surface area contributed by atoms with E-state index in [2.05, 4.69) is 5.09 Å². The molecule has 1 aliphatic heterocycles. The van der Waals surface area contributed by atoms with E-state index < -0.39 is 79.9 Å². The summed E-state index contributed by atoms with van der Waals surface area (Å²) in [4.78, 5) is 38.3. The lowest BCUT2D eigenvalue weighted by molar-refractivity contribution is -0.146. The molecule has 37 heavy (non-hydrogen) atoms. The van der Waals surface area contributed by atoms with Crippen molar-refractivity contribution in [2.45, 2.75) is 57.8 Å². The average molecular weight is 545 g/mol. The maximum Gasteiger partial charge on any atom is 0.459 e. The second kappa shape index (κ2) is 11.7. The highest BCUT2D eigenvalue weighted by atomic mass is 31.2. The van der Waals surface area contributed by atoms with Gasteiger partial charge in [-0.15, -0.1) is 0 Å². The first-order chi connectivity index (χ1) is 18.2. The van der Waals surface area contributed by atoms with Gasteiger partial charge in [0.25, 0.3) is 5.56 Å². The third kappa shape index (κ3) is 6.74. The van der Waals surface area contributed by atoms with Gasteiger partial charge < -0.3 is 19.1 Å². The SMILES string of the molecule is [2H]c1c([2H])n([C@@H]2O[C@H](COP(=O)(NC(C(=O)OCC)C(C)C)Oc3ccccc3)[C@@H](O)[C@@]2(C)F)c(=O)[nH]c1=O. The molecule has 0 aliphatic carbocycles. The number of hydrogen-bond acceptors (Lipinski definition) is 9. The Balaban J connectivity index is 1.90. The summed E-state index contributed by atoms with van der Waals surface area (Å²) < 4.78 is 67.1. The van der Waals surface area contributed by atoms with Gasteiger partial charge in [-0.05, 0) is 31.9 Å². The first-order valence-corrected chi connectivity index (χ1v) is 13.0. The number of alkyl halides is 1. The molecule has 204 valence electrons. The summed E-state index contributed by atoms with van der Waals surface area (Å²) in [6.07, 6.45) is -6.38. The minimum Gasteiger partial charge on any atom is -0.465 e. The third-order valence-corrected chi connectivity index (χ3v) is 7.10. The first kappa shape index (κ1) is 25.8. The maximum atomic E-state index is 15.7. The third-order valence-electron chi connectivity index (χ3n) is 5.56. The second-order valence-electron chi connectivity index (χ2n) is 8.79. The van der Waals surface area contributed by atoms with Gasteiger partial charge in [-0.2, -0.15) is 5.09 Å². The molecule has 0 amide bonds. The number of para-hydroxylation sites is 1. The molecule has 14 heteroatoms. The van der Waals surface area contributed by atoms with Gasteiger partial charge in [-0.3, -0.25) is 23.7 Å². The predicted octanol–water partition coefficient (Wildman–Crippen LogP) is 1.90. The number of esters is 1. The number of carbonyl (C=O) groups excluding carboxylic acids is 1. The minimum absolute atomic E-state index is 0.0646. The summed E-state index contributed by atoms with van der Waals surface area (Å²) in [6, 6.07) is 5.83. The molecule has 3 rings (SSSR count). The Labute approximate surface area is 215 Å². The van der Waals surface area contributed by atoms with Crippen molar-refractivity contribution in [3.8, 4) is 5.75 Å². The number of aromatic nitrogens is 2. The molecule has 1 aliphatic rings. The quantitative estimate of drug-likeness (QED) is 0.281. The fourth-order valence-corrected chi connectivity index (χ4v) is 5.27. The van der Waals surface area contributed by atoms with Gasteiger partial charge in [0.05, 0.1) is 16.0 Å². The number of aromatic amines is 1. The van der Waals surface area contributed by atoms with E-state index in [1.807, 2.05) is 0 Å². The van der Waals surface area contributed by atoms with E-state index in [-0.39, 0.29) is 12.4 Å². The van der Waals surface area contributed by atoms with Crippen LogP contribution in [0.4, 0.5) is 4.39 Å². The van der Waals surface area contributed by atoms with Crippen molar-refractivity contribution in [1.82, 2.24) is 14.6 Å². The van der Waals surface area contributed by atoms with E-state index in [9.17, 15) is 24.1 Å². The Hall–Kier alpha value is -2.83. The molecule has 0 saturated carbocycles. The molecule has 0 radical (unpaired) electrons. The Morgan fingerprint density at radius 3 is 2.68 bits per heavy atom. The summed E-state index contributed by atoms with van der Waals surface area (Å²) in [5.41, 5.74) is -5.08. The Kier molecular flexibility index (Phi) is 8.16. The van der Waals surface area contributed by atoms with Crippen LogP contribution in [0, 0.1) is 5.92 Å². The van der Waals surface area contributed by atoms with Crippen LogP contribution in [0.1, 0.15) is 36.7 Å². The highest BCUT2D eigenvalue weighted by molar-refractivity contribution is 7.52. The molecule has 0 spiro atoms. The zero-order valence-corrected chi connectivity index (χ0v) is 21.6. The van der Waals surface area contributed by atoms with Crippen LogP contribution in [0.15, 0.2) is 52.1 Å². The number of rotatable bonds is 11. The molecule has 2 aromatic rings. The predicted molar refractivity (Wildman–Crippen MR) is 130 cm³/mol. The monoisotopic (exact) mass is 545 g/mol. The smallest absolute Gasteiger partial charge is 0.459 e. The number of halogens is 1. The number of carbonyl (C=O) groups is 1. The van der Waals surface area contributed by atoms with E-state index in [0.717, 1.165) is 6.92 Å². The topological polar surface area (TPSA) is 158 Å². The molecule has 1 fully saturated rings. The molecule has 1 saturated heterocycles. The molecular weight excluding hydrogens is 512 g/mol.